The molecular formula is C56H72O36S4. The molecule has 12 fully saturated rings. The number of carbonyl (C=O) groups excluding carboxylic acids is 8. The molecule has 0 aromatic heterocycles. The zero-order valence-electron chi connectivity index (χ0n) is 52.0. The van der Waals surface area contributed by atoms with Crippen molar-refractivity contribution < 1.29 is 165 Å². The van der Waals surface area contributed by atoms with Gasteiger partial charge in [0, 0.05) is 36.6 Å². The highest BCUT2D eigenvalue weighted by atomic mass is 32.2. The van der Waals surface area contributed by atoms with Gasteiger partial charge in [-0.05, 0) is 33.6 Å². The maximum absolute atomic E-state index is 11.9. The minimum absolute atomic E-state index is 0.0437. The van der Waals surface area contributed by atoms with Crippen LogP contribution in [0.5, 0.6) is 0 Å². The zero-order valence-corrected chi connectivity index (χ0v) is 55.2. The molecule has 12 aliphatic heterocycles. The molecule has 12 aliphatic rings. The highest BCUT2D eigenvalue weighted by molar-refractivity contribution is 7.88. The van der Waals surface area contributed by atoms with E-state index >= 15 is 0 Å². The van der Waals surface area contributed by atoms with Crippen molar-refractivity contribution >= 4 is 88.2 Å². The summed E-state index contributed by atoms with van der Waals surface area (Å²) in [6, 6.07) is 0. The Balaban J connectivity index is 0.000000150. The van der Waals surface area contributed by atoms with Gasteiger partial charge in [0.25, 0.3) is 40.5 Å². The first-order valence-electron chi connectivity index (χ1n) is 29.8. The number of ether oxygens (including phenoxy) is 16. The molecule has 12 heterocycles. The number of rotatable bonds is 28. The van der Waals surface area contributed by atoms with E-state index in [-0.39, 0.29) is 77.1 Å². The molecule has 0 radical (unpaired) electrons. The van der Waals surface area contributed by atoms with E-state index in [2.05, 4.69) is 45.3 Å². The maximum Gasteiger partial charge on any atom is 0.344 e. The Kier molecular flexibility index (Phi) is 22.8. The monoisotopic (exact) mass is 1450 g/mol. The Morgan fingerprint density at radius 2 is 0.906 bits per heavy atom. The van der Waals surface area contributed by atoms with Gasteiger partial charge in [-0.3, -0.25) is 16.7 Å². The van der Waals surface area contributed by atoms with Crippen molar-refractivity contribution in [3.8, 4) is 0 Å². The topological polar surface area (TPSA) is 458 Å². The van der Waals surface area contributed by atoms with Crippen LogP contribution >= 0.6 is 0 Å². The summed E-state index contributed by atoms with van der Waals surface area (Å²) in [5, 5.41) is -2.56. The Bertz CT molecular complexity index is 3400. The lowest BCUT2D eigenvalue weighted by Gasteiger charge is -2.30. The van der Waals surface area contributed by atoms with Crippen molar-refractivity contribution in [3.05, 3.63) is 50.6 Å². The highest BCUT2D eigenvalue weighted by Crippen LogP contribution is 2.57. The molecule has 0 N–H and O–H groups in total. The Hall–Kier alpha value is -5.96. The lowest BCUT2D eigenvalue weighted by atomic mass is 9.83. The van der Waals surface area contributed by atoms with Crippen molar-refractivity contribution in [2.75, 3.05) is 79.3 Å². The summed E-state index contributed by atoms with van der Waals surface area (Å²) in [5.41, 5.74) is -2.66. The summed E-state index contributed by atoms with van der Waals surface area (Å²) >= 11 is 0. The summed E-state index contributed by atoms with van der Waals surface area (Å²) in [6.07, 6.45) is -1.99. The molecular weight excluding hydrogens is 1380 g/mol. The van der Waals surface area contributed by atoms with Crippen LogP contribution in [0.3, 0.4) is 0 Å². The first kappa shape index (κ1) is 74.3. The van der Waals surface area contributed by atoms with Crippen LogP contribution in [-0.4, -0.2) is 278 Å². The van der Waals surface area contributed by atoms with Gasteiger partial charge in [0.2, 0.25) is 0 Å². The summed E-state index contributed by atoms with van der Waals surface area (Å²) in [7, 11) is -14.5. The first-order chi connectivity index (χ1) is 45.2. The number of carbonyl (C=O) groups is 8. The number of hydrogen-bond donors (Lipinski definition) is 0. The molecule has 36 nitrogen and oxygen atoms in total. The molecule has 8 bridgehead atoms. The van der Waals surface area contributed by atoms with Crippen molar-refractivity contribution in [2.45, 2.75) is 164 Å². The van der Waals surface area contributed by atoms with Crippen molar-refractivity contribution in [2.24, 2.45) is 5.92 Å². The third kappa shape index (κ3) is 15.4. The van der Waals surface area contributed by atoms with Gasteiger partial charge in [0.05, 0.1) is 50.3 Å². The molecule has 0 amide bonds. The van der Waals surface area contributed by atoms with Crippen LogP contribution in [0.4, 0.5) is 0 Å². The summed E-state index contributed by atoms with van der Waals surface area (Å²) in [4.78, 5) is 88.6. The quantitative estimate of drug-likeness (QED) is 0.0249. The van der Waals surface area contributed by atoms with E-state index in [4.69, 9.17) is 73.6 Å². The molecule has 12 rings (SSSR count). The predicted octanol–water partition coefficient (Wildman–Crippen LogP) is -2.93. The van der Waals surface area contributed by atoms with Gasteiger partial charge in [0.15, 0.2) is 26.4 Å². The lowest BCUT2D eigenvalue weighted by molar-refractivity contribution is -0.158. The molecule has 21 atom stereocenters. The average molecular weight is 1450 g/mol. The first-order valence-corrected chi connectivity index (χ1v) is 35.7. The van der Waals surface area contributed by atoms with Gasteiger partial charge in [-0.15, -0.1) is 0 Å². The van der Waals surface area contributed by atoms with Gasteiger partial charge in [-0.1, -0.05) is 33.2 Å². The third-order valence-electron chi connectivity index (χ3n) is 17.6. The van der Waals surface area contributed by atoms with E-state index in [9.17, 15) is 72.0 Å². The summed E-state index contributed by atoms with van der Waals surface area (Å²) < 4.78 is 199. The molecule has 0 spiro atoms. The molecule has 0 aromatic rings. The van der Waals surface area contributed by atoms with Crippen LogP contribution in [0.15, 0.2) is 50.6 Å². The minimum Gasteiger partial charge on any atom is -0.461 e. The van der Waals surface area contributed by atoms with Gasteiger partial charge >= 0.3 is 47.8 Å². The smallest absolute Gasteiger partial charge is 0.344 e. The van der Waals surface area contributed by atoms with E-state index < -0.39 is 213 Å². The fraction of sp³-hybridized carbons (Fsp3) is 0.714. The van der Waals surface area contributed by atoms with Crippen molar-refractivity contribution in [1.82, 2.24) is 0 Å². The minimum atomic E-state index is -3.63. The second kappa shape index (κ2) is 29.5. The average Bonchev–Trinajstić information content (AvgIpc) is 1.57. The standard InChI is InChI=1S/4C14H18O9S/c1-3-10(15)21-7-11(16)19-4-5-20-12-8-6-9-14(2,22-8)13(12)23-24(9,17)18;1-3-10(15)21-7-11(16)19-4-5-20-12-8-6-9-13(22-8)14(12,2)23-24(9,17)18;1-3-9(15)21-7-10(16)19-4-5-20-13-12-11-8(24(17,18)23-12)6-14(13,2)22-11;1-3-8(15)21-6-9(16)19-4-5-20-11-10-7(2)14-13(22-10)12(11)23-24(14,17)18/h2*3,8-9,12-13H,1,4-7H2,2H3;3,8,11-13H,1,4-7H2,2H3;3,7,10-14H,1,4-6H2,2H3. The second-order valence-corrected chi connectivity index (χ2v) is 30.7. The maximum atomic E-state index is 11.9. The fourth-order valence-corrected chi connectivity index (χ4v) is 21.0. The van der Waals surface area contributed by atoms with Crippen LogP contribution in [0.25, 0.3) is 0 Å². The molecule has 40 heteroatoms. The van der Waals surface area contributed by atoms with Crippen molar-refractivity contribution in [3.63, 3.8) is 0 Å². The third-order valence-corrected chi connectivity index (χ3v) is 24.7. The molecule has 96 heavy (non-hydrogen) atoms. The van der Waals surface area contributed by atoms with Crippen LogP contribution in [0, 0.1) is 5.92 Å². The molecule has 536 valence electrons. The van der Waals surface area contributed by atoms with E-state index in [1.807, 2.05) is 0 Å². The predicted molar refractivity (Wildman–Crippen MR) is 309 cm³/mol. The molecule has 21 unspecified atom stereocenters. The highest BCUT2D eigenvalue weighted by Gasteiger charge is 2.75. The SMILES string of the molecule is C=CC(=O)OCC(=O)OCCOC1C2CC3C(C)(O2)C1OS3(=O)=O.C=CC(=O)OCC(=O)OCCOC1C2CC3C(O2)C1(C)OS3(=O)=O.C=CC(=O)OCC(=O)OCCOC1C2OC3C1OS(=O)(=O)C3C2C.C=CC(=O)OCC(=O)OCCOC1C2OS(=O)(=O)C3CC1(C)OC23. The van der Waals surface area contributed by atoms with Crippen LogP contribution in [0.2, 0.25) is 0 Å². The van der Waals surface area contributed by atoms with Gasteiger partial charge in [-0.2, -0.15) is 33.7 Å². The van der Waals surface area contributed by atoms with E-state index in [0.29, 0.717) is 19.3 Å². The largest absolute Gasteiger partial charge is 0.461 e. The molecule has 0 aromatic carbocycles. The van der Waals surface area contributed by atoms with Crippen LogP contribution in [-0.2, 0) is 171 Å². The summed E-state index contributed by atoms with van der Waals surface area (Å²) in [5.74, 6) is -5.96. The molecule has 0 aliphatic carbocycles. The zero-order chi connectivity index (χ0) is 70.1. The number of hydrogen-bond acceptors (Lipinski definition) is 36. The normalized spacial score (nSPS) is 38.0. The van der Waals surface area contributed by atoms with Crippen LogP contribution in [0.1, 0.15) is 47.0 Å². The summed E-state index contributed by atoms with van der Waals surface area (Å²) in [6.45, 7) is 17.6. The lowest BCUT2D eigenvalue weighted by Crippen LogP contribution is -2.50. The Labute approximate surface area is 550 Å². The molecule has 12 saturated heterocycles. The Morgan fingerprint density at radius 3 is 1.41 bits per heavy atom. The van der Waals surface area contributed by atoms with Gasteiger partial charge in [0.1, 0.15) is 120 Å². The van der Waals surface area contributed by atoms with E-state index in [1.54, 1.807) is 27.7 Å². The number of fused-ring (bicyclic) bond motifs is 4. The van der Waals surface area contributed by atoms with Crippen molar-refractivity contribution in [1.29, 1.82) is 0 Å². The van der Waals surface area contributed by atoms with Gasteiger partial charge in [-0.25, -0.2) is 38.4 Å². The van der Waals surface area contributed by atoms with E-state index in [0.717, 1.165) is 24.3 Å². The number of esters is 8. The van der Waals surface area contributed by atoms with Gasteiger partial charge < -0.3 is 75.8 Å². The van der Waals surface area contributed by atoms with E-state index in [1.165, 1.54) is 0 Å². The second-order valence-electron chi connectivity index (χ2n) is 23.7. The molecule has 0 saturated carbocycles. The fourth-order valence-electron chi connectivity index (χ4n) is 13.6. The Morgan fingerprint density at radius 1 is 0.438 bits per heavy atom. The van der Waals surface area contributed by atoms with Crippen LogP contribution < -0.4 is 0 Å².